The Hall–Kier alpha value is -3.63. The maximum Gasteiger partial charge on any atom is 0.265 e. The number of carbonyl (C=O) groups excluding carboxylic acids is 1. The topological polar surface area (TPSA) is 78.3 Å². The van der Waals surface area contributed by atoms with Gasteiger partial charge in [-0.15, -0.1) is 0 Å². The van der Waals surface area contributed by atoms with E-state index < -0.39 is 11.5 Å². The molecule has 1 atom stereocenters. The van der Waals surface area contributed by atoms with Crippen molar-refractivity contribution in [1.29, 1.82) is 5.26 Å². The Labute approximate surface area is 208 Å². The Bertz CT molecular complexity index is 1270. The molecule has 0 saturated carbocycles. The van der Waals surface area contributed by atoms with Crippen LogP contribution in [0, 0.1) is 22.6 Å². The molecule has 3 aromatic rings. The normalized spacial score (nSPS) is 18.5. The van der Waals surface area contributed by atoms with Gasteiger partial charge >= 0.3 is 0 Å². The van der Waals surface area contributed by atoms with Crippen LogP contribution in [0.3, 0.4) is 0 Å². The molecular weight excluding hydrogens is 467 g/mol. The van der Waals surface area contributed by atoms with E-state index in [4.69, 9.17) is 16.3 Å². The third kappa shape index (κ3) is 4.80. The minimum atomic E-state index is -0.669. The molecule has 5 rings (SSSR count). The number of nitrogens with zero attached hydrogens (tertiary/aromatic N) is 3. The second-order valence-corrected chi connectivity index (χ2v) is 9.49. The lowest BCUT2D eigenvalue weighted by molar-refractivity contribution is -0.140. The highest BCUT2D eigenvalue weighted by atomic mass is 35.5. The molecule has 0 radical (unpaired) electrons. The van der Waals surface area contributed by atoms with Crippen LogP contribution in [0.5, 0.6) is 5.75 Å². The minimum absolute atomic E-state index is 0.102. The fourth-order valence-electron chi connectivity index (χ4n) is 4.75. The number of hydrogen-bond donors (Lipinski definition) is 1. The summed E-state index contributed by atoms with van der Waals surface area (Å²) in [5.74, 6) is 0.171. The number of halogens is 2. The molecule has 6 nitrogen and oxygen atoms in total. The van der Waals surface area contributed by atoms with Crippen molar-refractivity contribution in [2.24, 2.45) is 5.41 Å². The number of benzene rings is 2. The number of carbonyl (C=O) groups is 1. The highest BCUT2D eigenvalue weighted by Crippen LogP contribution is 2.40. The van der Waals surface area contributed by atoms with Crippen LogP contribution in [-0.2, 0) is 11.2 Å². The second-order valence-electron chi connectivity index (χ2n) is 9.08. The maximum atomic E-state index is 13.3. The standard InChI is InChI=1S/C27H24ClFN4O2/c28-22-13-23-24(12-21(22)19-2-1-9-31-15-19)35-25(16-32-23)26(34)33-10-7-27(17-30,8-11-33)14-18-3-5-20(29)6-4-18/h1-6,9,12-13,15,25,32H,7-8,10-11,14,16H2. The zero-order valence-electron chi connectivity index (χ0n) is 19.0. The molecule has 0 bridgehead atoms. The molecule has 1 unspecified atom stereocenters. The molecule has 0 spiro atoms. The molecule has 1 fully saturated rings. The van der Waals surface area contributed by atoms with E-state index in [1.54, 1.807) is 35.5 Å². The van der Waals surface area contributed by atoms with Gasteiger partial charge in [0.1, 0.15) is 11.6 Å². The van der Waals surface area contributed by atoms with Crippen LogP contribution < -0.4 is 10.1 Å². The Balaban J connectivity index is 1.26. The van der Waals surface area contributed by atoms with Crippen molar-refractivity contribution >= 4 is 23.2 Å². The highest BCUT2D eigenvalue weighted by Gasteiger charge is 2.39. The lowest BCUT2D eigenvalue weighted by Gasteiger charge is -2.39. The first-order chi connectivity index (χ1) is 17.0. The molecule has 35 heavy (non-hydrogen) atoms. The van der Waals surface area contributed by atoms with E-state index in [-0.39, 0.29) is 11.7 Å². The molecule has 3 heterocycles. The van der Waals surface area contributed by atoms with Gasteiger partial charge in [0, 0.05) is 36.6 Å². The van der Waals surface area contributed by atoms with Crippen molar-refractivity contribution in [2.45, 2.75) is 25.4 Å². The van der Waals surface area contributed by atoms with Crippen molar-refractivity contribution in [2.75, 3.05) is 25.0 Å². The Morgan fingerprint density at radius 2 is 2.03 bits per heavy atom. The van der Waals surface area contributed by atoms with Crippen LogP contribution in [-0.4, -0.2) is 41.5 Å². The van der Waals surface area contributed by atoms with E-state index in [2.05, 4.69) is 16.4 Å². The van der Waals surface area contributed by atoms with E-state index >= 15 is 0 Å². The van der Waals surface area contributed by atoms with E-state index in [1.807, 2.05) is 18.2 Å². The largest absolute Gasteiger partial charge is 0.477 e. The number of likely N-dealkylation sites (tertiary alicyclic amines) is 1. The van der Waals surface area contributed by atoms with Gasteiger partial charge in [-0.1, -0.05) is 29.8 Å². The zero-order valence-corrected chi connectivity index (χ0v) is 19.8. The maximum absolute atomic E-state index is 13.3. The summed E-state index contributed by atoms with van der Waals surface area (Å²) in [5, 5.41) is 13.7. The summed E-state index contributed by atoms with van der Waals surface area (Å²) in [6.45, 7) is 1.29. The highest BCUT2D eigenvalue weighted by molar-refractivity contribution is 6.33. The lowest BCUT2D eigenvalue weighted by atomic mass is 9.75. The van der Waals surface area contributed by atoms with Crippen LogP contribution in [0.15, 0.2) is 60.9 Å². The number of fused-ring (bicyclic) bond motifs is 1. The summed E-state index contributed by atoms with van der Waals surface area (Å²) in [7, 11) is 0. The van der Waals surface area contributed by atoms with Crippen molar-refractivity contribution in [1.82, 2.24) is 9.88 Å². The summed E-state index contributed by atoms with van der Waals surface area (Å²) in [4.78, 5) is 19.2. The molecule has 0 aliphatic carbocycles. The number of pyridine rings is 1. The fraction of sp³-hybridized carbons (Fsp3) is 0.296. The monoisotopic (exact) mass is 490 g/mol. The van der Waals surface area contributed by atoms with Crippen LogP contribution in [0.25, 0.3) is 11.1 Å². The summed E-state index contributed by atoms with van der Waals surface area (Å²) >= 11 is 6.48. The van der Waals surface area contributed by atoms with Gasteiger partial charge in [0.15, 0.2) is 6.10 Å². The first kappa shape index (κ1) is 23.1. The average molecular weight is 491 g/mol. The molecule has 1 amide bonds. The number of ether oxygens (including phenoxy) is 1. The van der Waals surface area contributed by atoms with Gasteiger partial charge in [-0.05, 0) is 55.2 Å². The van der Waals surface area contributed by atoms with E-state index in [9.17, 15) is 14.4 Å². The summed E-state index contributed by atoms with van der Waals surface area (Å²) in [6, 6.07) is 16.1. The first-order valence-electron chi connectivity index (χ1n) is 11.6. The Morgan fingerprint density at radius 1 is 1.26 bits per heavy atom. The van der Waals surface area contributed by atoms with Crippen molar-refractivity contribution in [3.8, 4) is 22.9 Å². The van der Waals surface area contributed by atoms with Crippen LogP contribution in [0.2, 0.25) is 5.02 Å². The second kappa shape index (κ2) is 9.55. The smallest absolute Gasteiger partial charge is 0.265 e. The molecule has 2 aliphatic heterocycles. The SMILES string of the molecule is N#CC1(Cc2ccc(F)cc2)CCN(C(=O)C2CNc3cc(Cl)c(-c4cccnc4)cc3O2)CC1. The van der Waals surface area contributed by atoms with Crippen molar-refractivity contribution in [3.05, 3.63) is 77.3 Å². The van der Waals surface area contributed by atoms with Gasteiger partial charge in [0.25, 0.3) is 5.91 Å². The van der Waals surface area contributed by atoms with E-state index in [1.165, 1.54) is 12.1 Å². The van der Waals surface area contributed by atoms with Gasteiger partial charge in [0.05, 0.1) is 28.7 Å². The third-order valence-electron chi connectivity index (χ3n) is 6.79. The fourth-order valence-corrected chi connectivity index (χ4v) is 5.02. The quantitative estimate of drug-likeness (QED) is 0.551. The van der Waals surface area contributed by atoms with Crippen LogP contribution in [0.1, 0.15) is 18.4 Å². The number of hydrogen-bond acceptors (Lipinski definition) is 5. The molecule has 1 aromatic heterocycles. The van der Waals surface area contributed by atoms with Gasteiger partial charge in [0.2, 0.25) is 0 Å². The molecule has 2 aliphatic rings. The van der Waals surface area contributed by atoms with Gasteiger partial charge in [-0.25, -0.2) is 4.39 Å². The van der Waals surface area contributed by atoms with Gasteiger partial charge in [-0.2, -0.15) is 5.26 Å². The lowest BCUT2D eigenvalue weighted by Crippen LogP contribution is -2.51. The number of nitriles is 1. The molecule has 1 saturated heterocycles. The van der Waals surface area contributed by atoms with Crippen LogP contribution >= 0.6 is 11.6 Å². The van der Waals surface area contributed by atoms with Crippen molar-refractivity contribution in [3.63, 3.8) is 0 Å². The molecule has 2 aromatic carbocycles. The Morgan fingerprint density at radius 3 is 2.71 bits per heavy atom. The predicted molar refractivity (Wildman–Crippen MR) is 132 cm³/mol. The predicted octanol–water partition coefficient (Wildman–Crippen LogP) is 5.09. The summed E-state index contributed by atoms with van der Waals surface area (Å²) < 4.78 is 19.4. The van der Waals surface area contributed by atoms with Crippen LogP contribution in [0.4, 0.5) is 10.1 Å². The number of anilines is 1. The van der Waals surface area contributed by atoms with E-state index in [0.717, 1.165) is 22.4 Å². The molecule has 178 valence electrons. The number of amides is 1. The van der Waals surface area contributed by atoms with Gasteiger partial charge < -0.3 is 15.0 Å². The van der Waals surface area contributed by atoms with Gasteiger partial charge in [-0.3, -0.25) is 9.78 Å². The summed E-state index contributed by atoms with van der Waals surface area (Å²) in [6.07, 6.45) is 4.42. The van der Waals surface area contributed by atoms with Crippen molar-refractivity contribution < 1.29 is 13.9 Å². The molecular formula is C27H24ClFN4O2. The molecule has 1 N–H and O–H groups in total. The number of nitrogens with one attached hydrogen (secondary N) is 1. The Kier molecular flexibility index (Phi) is 6.31. The third-order valence-corrected chi connectivity index (χ3v) is 7.10. The summed E-state index contributed by atoms with van der Waals surface area (Å²) in [5.41, 5.74) is 2.75. The zero-order chi connectivity index (χ0) is 24.4. The minimum Gasteiger partial charge on any atom is -0.477 e. The first-order valence-corrected chi connectivity index (χ1v) is 11.9. The number of aromatic nitrogens is 1. The average Bonchev–Trinajstić information content (AvgIpc) is 2.90. The number of rotatable bonds is 4. The van der Waals surface area contributed by atoms with E-state index in [0.29, 0.717) is 49.7 Å². The number of piperidine rings is 1. The molecule has 8 heteroatoms.